The number of aliphatic carboxylic acids is 1. The minimum atomic E-state index is -1.23. The Bertz CT molecular complexity index is 530. The van der Waals surface area contributed by atoms with Crippen molar-refractivity contribution in [3.63, 3.8) is 0 Å². The summed E-state index contributed by atoms with van der Waals surface area (Å²) < 4.78 is 4.85. The zero-order valence-electron chi connectivity index (χ0n) is 9.64. The van der Waals surface area contributed by atoms with Gasteiger partial charge < -0.3 is 20.1 Å². The highest BCUT2D eigenvalue weighted by Crippen LogP contribution is 2.52. The first-order valence-electron chi connectivity index (χ1n) is 5.30. The van der Waals surface area contributed by atoms with Crippen molar-refractivity contribution in [1.82, 2.24) is 0 Å². The maximum absolute atomic E-state index is 11.2. The lowest BCUT2D eigenvalue weighted by molar-refractivity contribution is -0.140. The van der Waals surface area contributed by atoms with Gasteiger partial charge in [0.05, 0.1) is 12.5 Å². The minimum Gasteiger partial charge on any atom is -0.507 e. The van der Waals surface area contributed by atoms with Gasteiger partial charge in [-0.3, -0.25) is 4.79 Å². The number of ether oxygens (including phenoxy) is 1. The number of methoxy groups -OCH3 is 1. The Morgan fingerprint density at radius 3 is 2.28 bits per heavy atom. The van der Waals surface area contributed by atoms with Gasteiger partial charge in [0, 0.05) is 11.6 Å². The monoisotopic (exact) mass is 252 g/mol. The molecular weight excluding hydrogens is 240 g/mol. The van der Waals surface area contributed by atoms with E-state index in [4.69, 9.17) is 14.9 Å². The van der Waals surface area contributed by atoms with Gasteiger partial charge in [0.2, 0.25) is 0 Å². The number of carboxylic acid groups (broad SMARTS) is 2. The van der Waals surface area contributed by atoms with Gasteiger partial charge >= 0.3 is 11.9 Å². The third-order valence-corrected chi connectivity index (χ3v) is 3.22. The molecule has 0 aromatic heterocycles. The van der Waals surface area contributed by atoms with Crippen molar-refractivity contribution in [3.05, 3.63) is 23.3 Å². The van der Waals surface area contributed by atoms with E-state index in [2.05, 4.69) is 0 Å². The van der Waals surface area contributed by atoms with Gasteiger partial charge in [-0.15, -0.1) is 0 Å². The van der Waals surface area contributed by atoms with Gasteiger partial charge in [0.25, 0.3) is 0 Å². The Morgan fingerprint density at radius 1 is 1.28 bits per heavy atom. The highest BCUT2D eigenvalue weighted by molar-refractivity contribution is 5.93. The van der Waals surface area contributed by atoms with Crippen LogP contribution in [0, 0.1) is 0 Å². The van der Waals surface area contributed by atoms with Crippen LogP contribution >= 0.6 is 0 Å². The molecule has 1 aliphatic carbocycles. The number of hydrogen-bond donors (Lipinski definition) is 3. The molecule has 0 bridgehead atoms. The molecule has 0 atom stereocenters. The molecule has 1 fully saturated rings. The zero-order chi connectivity index (χ0) is 13.5. The van der Waals surface area contributed by atoms with Gasteiger partial charge in [-0.05, 0) is 18.9 Å². The number of phenols is 1. The number of aromatic carboxylic acids is 1. The Balaban J connectivity index is 2.60. The third-order valence-electron chi connectivity index (χ3n) is 3.22. The van der Waals surface area contributed by atoms with Crippen LogP contribution in [-0.2, 0) is 10.2 Å². The Hall–Kier alpha value is -2.24. The van der Waals surface area contributed by atoms with E-state index < -0.39 is 17.4 Å². The molecule has 1 aliphatic rings. The fraction of sp³-hybridized carbons (Fsp3) is 0.333. The second-order valence-corrected chi connectivity index (χ2v) is 4.26. The predicted molar refractivity (Wildman–Crippen MR) is 60.2 cm³/mol. The zero-order valence-corrected chi connectivity index (χ0v) is 9.64. The van der Waals surface area contributed by atoms with Crippen LogP contribution < -0.4 is 4.74 Å². The Morgan fingerprint density at radius 2 is 1.89 bits per heavy atom. The topological polar surface area (TPSA) is 104 Å². The molecule has 1 aromatic rings. The largest absolute Gasteiger partial charge is 0.507 e. The number of benzene rings is 1. The molecule has 0 heterocycles. The summed E-state index contributed by atoms with van der Waals surface area (Å²) in [6, 6.07) is 2.32. The predicted octanol–water partition coefficient (Wildman–Crippen LogP) is 1.22. The summed E-state index contributed by atoms with van der Waals surface area (Å²) in [6.45, 7) is 0. The van der Waals surface area contributed by atoms with Crippen LogP contribution in [0.4, 0.5) is 0 Å². The van der Waals surface area contributed by atoms with Gasteiger partial charge in [-0.25, -0.2) is 4.79 Å². The Kier molecular flexibility index (Phi) is 2.65. The minimum absolute atomic E-state index is 0.00457. The molecule has 6 heteroatoms. The second-order valence-electron chi connectivity index (χ2n) is 4.26. The first kappa shape index (κ1) is 12.2. The van der Waals surface area contributed by atoms with Crippen molar-refractivity contribution in [2.24, 2.45) is 0 Å². The van der Waals surface area contributed by atoms with Crippen LogP contribution in [0.5, 0.6) is 11.5 Å². The lowest BCUT2D eigenvalue weighted by atomic mass is 9.93. The van der Waals surface area contributed by atoms with E-state index in [1.54, 1.807) is 0 Å². The van der Waals surface area contributed by atoms with E-state index in [1.807, 2.05) is 0 Å². The molecule has 2 rings (SSSR count). The molecule has 0 spiro atoms. The summed E-state index contributed by atoms with van der Waals surface area (Å²) >= 11 is 0. The van der Waals surface area contributed by atoms with Crippen molar-refractivity contribution < 1.29 is 29.6 Å². The number of aromatic hydroxyl groups is 1. The lowest BCUT2D eigenvalue weighted by Gasteiger charge is -2.15. The van der Waals surface area contributed by atoms with E-state index >= 15 is 0 Å². The molecule has 18 heavy (non-hydrogen) atoms. The molecule has 96 valence electrons. The number of carboxylic acids is 2. The molecule has 1 saturated carbocycles. The molecule has 0 aliphatic heterocycles. The second kappa shape index (κ2) is 3.90. The van der Waals surface area contributed by atoms with Crippen molar-refractivity contribution in [2.45, 2.75) is 18.3 Å². The average molecular weight is 252 g/mol. The first-order valence-corrected chi connectivity index (χ1v) is 5.30. The fourth-order valence-corrected chi connectivity index (χ4v) is 2.01. The number of carbonyl (C=O) groups is 2. The first-order chi connectivity index (χ1) is 8.42. The van der Waals surface area contributed by atoms with Crippen molar-refractivity contribution in [1.29, 1.82) is 0 Å². The highest BCUT2D eigenvalue weighted by atomic mass is 16.5. The van der Waals surface area contributed by atoms with Gasteiger partial charge in [0.1, 0.15) is 17.1 Å². The van der Waals surface area contributed by atoms with Crippen LogP contribution in [0.1, 0.15) is 28.8 Å². The molecule has 0 saturated heterocycles. The average Bonchev–Trinajstić information content (AvgIpc) is 3.09. The fourth-order valence-electron chi connectivity index (χ4n) is 2.01. The number of rotatable bonds is 4. The summed E-state index contributed by atoms with van der Waals surface area (Å²) in [6.07, 6.45) is 0.780. The van der Waals surface area contributed by atoms with E-state index in [0.717, 1.165) is 6.07 Å². The van der Waals surface area contributed by atoms with E-state index in [1.165, 1.54) is 13.2 Å². The number of hydrogen-bond acceptors (Lipinski definition) is 4. The molecule has 0 unspecified atom stereocenters. The quantitative estimate of drug-likeness (QED) is 0.744. The van der Waals surface area contributed by atoms with Crippen molar-refractivity contribution in [2.75, 3.05) is 7.11 Å². The van der Waals surface area contributed by atoms with E-state index in [9.17, 15) is 14.7 Å². The summed E-state index contributed by atoms with van der Waals surface area (Å²) in [5.41, 5.74) is -1.17. The van der Waals surface area contributed by atoms with Gasteiger partial charge in [-0.2, -0.15) is 0 Å². The summed E-state index contributed by atoms with van der Waals surface area (Å²) in [5.74, 6) is -2.53. The van der Waals surface area contributed by atoms with Gasteiger partial charge in [-0.1, -0.05) is 0 Å². The molecular formula is C12H12O6. The highest BCUT2D eigenvalue weighted by Gasteiger charge is 2.53. The molecule has 1 aromatic carbocycles. The van der Waals surface area contributed by atoms with Crippen LogP contribution in [0.2, 0.25) is 0 Å². The normalized spacial score (nSPS) is 16.1. The van der Waals surface area contributed by atoms with E-state index in [-0.39, 0.29) is 22.6 Å². The van der Waals surface area contributed by atoms with Crippen LogP contribution in [-0.4, -0.2) is 34.4 Å². The standard InChI is InChI=1S/C12H12O6/c1-18-9-5-8(13)7(4-6(9)10(14)15)12(2-3-12)11(16)17/h4-5,13H,2-3H2,1H3,(H,14,15)(H,16,17). The third kappa shape index (κ3) is 1.66. The van der Waals surface area contributed by atoms with Gasteiger partial charge in [0.15, 0.2) is 0 Å². The molecule has 6 nitrogen and oxygen atoms in total. The number of phenolic OH excluding ortho intramolecular Hbond substituents is 1. The SMILES string of the molecule is COc1cc(O)c(C2(C(=O)O)CC2)cc1C(=O)O. The maximum atomic E-state index is 11.2. The Labute approximate surface area is 102 Å². The lowest BCUT2D eigenvalue weighted by Crippen LogP contribution is -2.20. The maximum Gasteiger partial charge on any atom is 0.339 e. The molecule has 0 radical (unpaired) electrons. The smallest absolute Gasteiger partial charge is 0.339 e. The summed E-state index contributed by atoms with van der Waals surface area (Å²) in [5, 5.41) is 28.0. The van der Waals surface area contributed by atoms with Crippen LogP contribution in [0.3, 0.4) is 0 Å². The molecule has 0 amide bonds. The summed E-state index contributed by atoms with van der Waals surface area (Å²) in [4.78, 5) is 22.2. The summed E-state index contributed by atoms with van der Waals surface area (Å²) in [7, 11) is 1.28. The van der Waals surface area contributed by atoms with Crippen LogP contribution in [0.25, 0.3) is 0 Å². The van der Waals surface area contributed by atoms with E-state index in [0.29, 0.717) is 12.8 Å². The molecule has 3 N–H and O–H groups in total. The van der Waals surface area contributed by atoms with Crippen molar-refractivity contribution >= 4 is 11.9 Å². The van der Waals surface area contributed by atoms with Crippen molar-refractivity contribution in [3.8, 4) is 11.5 Å². The van der Waals surface area contributed by atoms with Crippen LogP contribution in [0.15, 0.2) is 12.1 Å².